The quantitative estimate of drug-likeness (QED) is 0.704. The van der Waals surface area contributed by atoms with Gasteiger partial charge in [-0.05, 0) is 44.1 Å². The van der Waals surface area contributed by atoms with Gasteiger partial charge in [-0.15, -0.1) is 11.3 Å². The minimum atomic E-state index is -0.260. The fraction of sp³-hybridized carbons (Fsp3) is 0.235. The topological polar surface area (TPSA) is 12.9 Å². The van der Waals surface area contributed by atoms with Crippen LogP contribution in [0.15, 0.2) is 36.2 Å². The molecule has 1 aromatic heterocycles. The molecule has 1 heterocycles. The maximum absolute atomic E-state index is 14.0. The highest BCUT2D eigenvalue weighted by molar-refractivity contribution is 7.16. The molecule has 0 saturated heterocycles. The predicted molar refractivity (Wildman–Crippen MR) is 83.4 cm³/mol. The van der Waals surface area contributed by atoms with Crippen molar-refractivity contribution in [2.24, 2.45) is 0 Å². The molecule has 4 heteroatoms. The number of hydrogen-bond donors (Lipinski definition) is 0. The summed E-state index contributed by atoms with van der Waals surface area (Å²) in [5.74, 6) is -0.352. The number of aryl methyl sites for hydroxylation is 2. The van der Waals surface area contributed by atoms with E-state index in [2.05, 4.69) is 4.98 Å². The van der Waals surface area contributed by atoms with Gasteiger partial charge in [0.1, 0.15) is 16.7 Å². The van der Waals surface area contributed by atoms with E-state index in [1.165, 1.54) is 23.5 Å². The lowest BCUT2D eigenvalue weighted by Gasteiger charge is -2.08. The maximum atomic E-state index is 14.0. The molecule has 1 aliphatic carbocycles. The van der Waals surface area contributed by atoms with Crippen molar-refractivity contribution in [3.8, 4) is 10.6 Å². The summed E-state index contributed by atoms with van der Waals surface area (Å²) in [6.45, 7) is 3.85. The van der Waals surface area contributed by atoms with Crippen LogP contribution < -0.4 is 0 Å². The van der Waals surface area contributed by atoms with Crippen molar-refractivity contribution in [2.75, 3.05) is 0 Å². The molecular formula is C17H15F2NS. The summed E-state index contributed by atoms with van der Waals surface area (Å²) in [4.78, 5) is 5.52. The third-order valence-corrected chi connectivity index (χ3v) is 4.81. The lowest BCUT2D eigenvalue weighted by Crippen LogP contribution is -1.90. The average molecular weight is 303 g/mol. The first-order valence-corrected chi connectivity index (χ1v) is 7.66. The Hall–Kier alpha value is -1.81. The summed E-state index contributed by atoms with van der Waals surface area (Å²) >= 11 is 1.47. The van der Waals surface area contributed by atoms with E-state index in [1.54, 1.807) is 12.1 Å². The highest BCUT2D eigenvalue weighted by atomic mass is 32.1. The van der Waals surface area contributed by atoms with Crippen LogP contribution in [0.25, 0.3) is 16.1 Å². The molecule has 0 aliphatic heterocycles. The number of hydrogen-bond acceptors (Lipinski definition) is 2. The summed E-state index contributed by atoms with van der Waals surface area (Å²) in [6, 6.07) is 5.03. The van der Waals surface area contributed by atoms with E-state index in [1.807, 2.05) is 19.9 Å². The minimum absolute atomic E-state index is 0.0918. The third kappa shape index (κ3) is 2.81. The van der Waals surface area contributed by atoms with E-state index in [9.17, 15) is 8.78 Å². The van der Waals surface area contributed by atoms with Gasteiger partial charge in [0.15, 0.2) is 0 Å². The molecule has 0 bridgehead atoms. The summed E-state index contributed by atoms with van der Waals surface area (Å²) < 4.78 is 27.1. The van der Waals surface area contributed by atoms with Crippen LogP contribution in [0.1, 0.15) is 29.0 Å². The van der Waals surface area contributed by atoms with Gasteiger partial charge in [-0.3, -0.25) is 0 Å². The molecule has 0 radical (unpaired) electrons. The van der Waals surface area contributed by atoms with Crippen molar-refractivity contribution < 1.29 is 8.78 Å². The Morgan fingerprint density at radius 1 is 1.10 bits per heavy atom. The number of halogens is 2. The third-order valence-electron chi connectivity index (χ3n) is 3.54. The van der Waals surface area contributed by atoms with Crippen LogP contribution in [-0.2, 0) is 0 Å². The van der Waals surface area contributed by atoms with Crippen LogP contribution in [-0.4, -0.2) is 4.98 Å². The second-order valence-corrected chi connectivity index (χ2v) is 6.22. The molecular weight excluding hydrogens is 288 g/mol. The highest BCUT2D eigenvalue weighted by Gasteiger charge is 2.17. The SMILES string of the molecule is Cc1ccc(F)c(-c2nc(C)c(C3=CC=C(F)CC3)s2)c1. The number of benzene rings is 1. The highest BCUT2D eigenvalue weighted by Crippen LogP contribution is 2.37. The largest absolute Gasteiger partial charge is 0.241 e. The van der Waals surface area contributed by atoms with E-state index in [0.717, 1.165) is 21.7 Å². The Bertz CT molecular complexity index is 756. The zero-order chi connectivity index (χ0) is 15.0. The van der Waals surface area contributed by atoms with Crippen LogP contribution in [0, 0.1) is 19.7 Å². The maximum Gasteiger partial charge on any atom is 0.133 e. The molecule has 0 saturated carbocycles. The molecule has 3 rings (SSSR count). The Morgan fingerprint density at radius 2 is 1.90 bits per heavy atom. The first-order valence-electron chi connectivity index (χ1n) is 6.84. The van der Waals surface area contributed by atoms with Gasteiger partial charge in [-0.25, -0.2) is 13.8 Å². The number of nitrogens with zero attached hydrogens (tertiary/aromatic N) is 1. The summed E-state index contributed by atoms with van der Waals surface area (Å²) in [7, 11) is 0. The zero-order valence-electron chi connectivity index (χ0n) is 11.9. The van der Waals surface area contributed by atoms with Crippen LogP contribution in [0.5, 0.6) is 0 Å². The van der Waals surface area contributed by atoms with Crippen LogP contribution >= 0.6 is 11.3 Å². The second kappa shape index (κ2) is 5.53. The van der Waals surface area contributed by atoms with Crippen molar-refractivity contribution in [1.29, 1.82) is 0 Å². The summed E-state index contributed by atoms with van der Waals surface area (Å²) in [5, 5.41) is 0.680. The summed E-state index contributed by atoms with van der Waals surface area (Å²) in [5.41, 5.74) is 3.48. The molecule has 0 unspecified atom stereocenters. The molecule has 0 N–H and O–H groups in total. The van der Waals surface area contributed by atoms with E-state index in [0.29, 0.717) is 23.4 Å². The van der Waals surface area contributed by atoms with Crippen molar-refractivity contribution >= 4 is 16.9 Å². The molecule has 1 aromatic carbocycles. The normalized spacial score (nSPS) is 14.9. The molecule has 108 valence electrons. The average Bonchev–Trinajstić information content (AvgIpc) is 2.84. The Morgan fingerprint density at radius 3 is 2.62 bits per heavy atom. The lowest BCUT2D eigenvalue weighted by molar-refractivity contribution is 0.590. The Balaban J connectivity index is 2.04. The van der Waals surface area contributed by atoms with Crippen molar-refractivity contribution in [3.63, 3.8) is 0 Å². The van der Waals surface area contributed by atoms with Gasteiger partial charge in [0.2, 0.25) is 0 Å². The Labute approximate surface area is 126 Å². The molecule has 1 aliphatic rings. The van der Waals surface area contributed by atoms with Gasteiger partial charge < -0.3 is 0 Å². The van der Waals surface area contributed by atoms with Gasteiger partial charge in [0, 0.05) is 12.0 Å². The number of aromatic nitrogens is 1. The first kappa shape index (κ1) is 14.1. The van der Waals surface area contributed by atoms with Crippen molar-refractivity contribution in [2.45, 2.75) is 26.7 Å². The molecule has 0 spiro atoms. The summed E-state index contributed by atoms with van der Waals surface area (Å²) in [6.07, 6.45) is 4.40. The zero-order valence-corrected chi connectivity index (χ0v) is 12.7. The van der Waals surface area contributed by atoms with E-state index in [-0.39, 0.29) is 11.6 Å². The van der Waals surface area contributed by atoms with E-state index >= 15 is 0 Å². The standard InChI is InChI=1S/C17H15F2NS/c1-10-3-8-15(19)14(9-10)17-20-11(2)16(21-17)12-4-6-13(18)7-5-12/h3-4,6,8-9H,5,7H2,1-2H3. The van der Waals surface area contributed by atoms with Gasteiger partial charge in [0.05, 0.1) is 10.6 Å². The Kier molecular flexibility index (Phi) is 3.72. The predicted octanol–water partition coefficient (Wildman–Crippen LogP) is 5.60. The minimum Gasteiger partial charge on any atom is -0.241 e. The van der Waals surface area contributed by atoms with Gasteiger partial charge in [0.25, 0.3) is 0 Å². The molecule has 2 aromatic rings. The fourth-order valence-corrected chi connectivity index (χ4v) is 3.55. The van der Waals surface area contributed by atoms with Crippen molar-refractivity contribution in [3.05, 3.63) is 58.1 Å². The van der Waals surface area contributed by atoms with Crippen LogP contribution in [0.2, 0.25) is 0 Å². The fourth-order valence-electron chi connectivity index (χ4n) is 2.41. The van der Waals surface area contributed by atoms with Gasteiger partial charge >= 0.3 is 0 Å². The van der Waals surface area contributed by atoms with Crippen molar-refractivity contribution in [1.82, 2.24) is 4.98 Å². The first-order chi connectivity index (χ1) is 10.0. The number of allylic oxidation sites excluding steroid dienone is 4. The monoisotopic (exact) mass is 303 g/mol. The molecule has 0 fully saturated rings. The van der Waals surface area contributed by atoms with Gasteiger partial charge in [-0.1, -0.05) is 17.7 Å². The second-order valence-electron chi connectivity index (χ2n) is 5.22. The molecule has 0 atom stereocenters. The van der Waals surface area contributed by atoms with E-state index < -0.39 is 0 Å². The lowest BCUT2D eigenvalue weighted by atomic mass is 10.0. The number of thiazole rings is 1. The smallest absolute Gasteiger partial charge is 0.133 e. The van der Waals surface area contributed by atoms with Crippen LogP contribution in [0.4, 0.5) is 8.78 Å². The van der Waals surface area contributed by atoms with Gasteiger partial charge in [-0.2, -0.15) is 0 Å². The molecule has 0 amide bonds. The van der Waals surface area contributed by atoms with Crippen LogP contribution in [0.3, 0.4) is 0 Å². The van der Waals surface area contributed by atoms with E-state index in [4.69, 9.17) is 0 Å². The molecule has 21 heavy (non-hydrogen) atoms. The molecule has 1 nitrogen and oxygen atoms in total. The number of rotatable bonds is 2.